The van der Waals surface area contributed by atoms with Gasteiger partial charge in [0, 0.05) is 48.6 Å². The van der Waals surface area contributed by atoms with Crippen LogP contribution in [0.2, 0.25) is 5.02 Å². The Bertz CT molecular complexity index is 755. The van der Waals surface area contributed by atoms with Gasteiger partial charge in [0.2, 0.25) is 17.6 Å². The maximum atomic E-state index is 12.2. The monoisotopic (exact) mass is 392 g/mol. The Balaban J connectivity index is 1.46. The van der Waals surface area contributed by atoms with Gasteiger partial charge in [-0.2, -0.15) is 4.98 Å². The molecule has 27 heavy (non-hydrogen) atoms. The van der Waals surface area contributed by atoms with Crippen molar-refractivity contribution in [3.8, 4) is 11.4 Å². The Morgan fingerprint density at radius 3 is 2.67 bits per heavy atom. The minimum atomic E-state index is -0.105. The third-order valence-corrected chi connectivity index (χ3v) is 4.97. The zero-order valence-corrected chi connectivity index (χ0v) is 16.5. The zero-order chi connectivity index (χ0) is 19.3. The quantitative estimate of drug-likeness (QED) is 0.779. The van der Waals surface area contributed by atoms with Crippen LogP contribution in [0.15, 0.2) is 28.8 Å². The standard InChI is InChI=1S/C19H25ClN4O3/c1-19(2,24-9-11-26-12-10-24)13-21-16(25)7-8-17-22-18(23-27-17)14-3-5-15(20)6-4-14/h3-6H,7-13H2,1-2H3,(H,21,25). The molecule has 8 heteroatoms. The van der Waals surface area contributed by atoms with Crippen molar-refractivity contribution in [2.24, 2.45) is 0 Å². The number of carbonyl (C=O) groups excluding carboxylic acids is 1. The number of rotatable bonds is 7. The van der Waals surface area contributed by atoms with Gasteiger partial charge in [-0.1, -0.05) is 16.8 Å². The molecular formula is C19H25ClN4O3. The Morgan fingerprint density at radius 2 is 1.96 bits per heavy atom. The highest BCUT2D eigenvalue weighted by Crippen LogP contribution is 2.19. The van der Waals surface area contributed by atoms with Crippen molar-refractivity contribution in [3.05, 3.63) is 35.2 Å². The molecule has 7 nitrogen and oxygen atoms in total. The van der Waals surface area contributed by atoms with Gasteiger partial charge < -0.3 is 14.6 Å². The van der Waals surface area contributed by atoms with Crippen LogP contribution in [0, 0.1) is 0 Å². The number of carbonyl (C=O) groups is 1. The highest BCUT2D eigenvalue weighted by molar-refractivity contribution is 6.30. The Kier molecular flexibility index (Phi) is 6.46. The highest BCUT2D eigenvalue weighted by Gasteiger charge is 2.28. The van der Waals surface area contributed by atoms with Gasteiger partial charge in [-0.3, -0.25) is 9.69 Å². The van der Waals surface area contributed by atoms with Crippen molar-refractivity contribution in [3.63, 3.8) is 0 Å². The average Bonchev–Trinajstić information content (AvgIpc) is 3.15. The van der Waals surface area contributed by atoms with Crippen LogP contribution in [0.1, 0.15) is 26.2 Å². The van der Waals surface area contributed by atoms with Gasteiger partial charge in [-0.25, -0.2) is 0 Å². The lowest BCUT2D eigenvalue weighted by Crippen LogP contribution is -2.55. The van der Waals surface area contributed by atoms with Crippen LogP contribution in [-0.2, 0) is 16.0 Å². The maximum Gasteiger partial charge on any atom is 0.227 e. The molecule has 0 saturated carbocycles. The van der Waals surface area contributed by atoms with Crippen LogP contribution in [0.4, 0.5) is 0 Å². The summed E-state index contributed by atoms with van der Waals surface area (Å²) in [6.07, 6.45) is 0.714. The zero-order valence-electron chi connectivity index (χ0n) is 15.7. The fourth-order valence-corrected chi connectivity index (χ4v) is 3.10. The van der Waals surface area contributed by atoms with Crippen molar-refractivity contribution >= 4 is 17.5 Å². The molecule has 1 N–H and O–H groups in total. The molecule has 146 valence electrons. The second kappa shape index (κ2) is 8.82. The summed E-state index contributed by atoms with van der Waals surface area (Å²) in [5.74, 6) is 0.917. The number of amides is 1. The predicted octanol–water partition coefficient (Wildman–Crippen LogP) is 2.55. The van der Waals surface area contributed by atoms with Gasteiger partial charge in [-0.05, 0) is 38.1 Å². The van der Waals surface area contributed by atoms with Crippen LogP contribution in [-0.4, -0.2) is 59.3 Å². The summed E-state index contributed by atoms with van der Waals surface area (Å²) in [6, 6.07) is 7.21. The van der Waals surface area contributed by atoms with Gasteiger partial charge in [0.1, 0.15) is 0 Å². The molecule has 1 aromatic heterocycles. The molecule has 0 aliphatic carbocycles. The first-order valence-electron chi connectivity index (χ1n) is 9.12. The topological polar surface area (TPSA) is 80.5 Å². The molecule has 1 saturated heterocycles. The van der Waals surface area contributed by atoms with E-state index >= 15 is 0 Å². The summed E-state index contributed by atoms with van der Waals surface area (Å²) in [5.41, 5.74) is 0.720. The van der Waals surface area contributed by atoms with Gasteiger partial charge in [0.25, 0.3) is 0 Å². The van der Waals surface area contributed by atoms with Crippen molar-refractivity contribution in [2.45, 2.75) is 32.2 Å². The van der Waals surface area contributed by atoms with E-state index in [1.807, 2.05) is 12.1 Å². The fourth-order valence-electron chi connectivity index (χ4n) is 2.98. The SMILES string of the molecule is CC(C)(CNC(=O)CCc1nc(-c2ccc(Cl)cc2)no1)N1CCOCC1. The molecule has 1 aliphatic heterocycles. The first-order chi connectivity index (χ1) is 12.9. The first-order valence-corrected chi connectivity index (χ1v) is 9.50. The minimum Gasteiger partial charge on any atom is -0.379 e. The summed E-state index contributed by atoms with van der Waals surface area (Å²) in [6.45, 7) is 8.11. The molecule has 0 radical (unpaired) electrons. The van der Waals surface area contributed by atoms with E-state index in [2.05, 4.69) is 34.2 Å². The number of aryl methyl sites for hydroxylation is 1. The summed E-state index contributed by atoms with van der Waals surface area (Å²) in [4.78, 5) is 18.9. The fraction of sp³-hybridized carbons (Fsp3) is 0.526. The molecular weight excluding hydrogens is 368 g/mol. The number of aromatic nitrogens is 2. The van der Waals surface area contributed by atoms with E-state index in [4.69, 9.17) is 20.9 Å². The lowest BCUT2D eigenvalue weighted by Gasteiger charge is -2.40. The summed E-state index contributed by atoms with van der Waals surface area (Å²) < 4.78 is 10.6. The molecule has 1 amide bonds. The van der Waals surface area contributed by atoms with Crippen LogP contribution in [0.25, 0.3) is 11.4 Å². The number of benzene rings is 1. The van der Waals surface area contributed by atoms with E-state index in [1.165, 1.54) is 0 Å². The maximum absolute atomic E-state index is 12.2. The van der Waals surface area contributed by atoms with E-state index in [1.54, 1.807) is 12.1 Å². The van der Waals surface area contributed by atoms with Crippen molar-refractivity contribution in [1.29, 1.82) is 0 Å². The number of nitrogens with zero attached hydrogens (tertiary/aromatic N) is 3. The van der Waals surface area contributed by atoms with E-state index in [-0.39, 0.29) is 11.4 Å². The molecule has 0 bridgehead atoms. The Morgan fingerprint density at radius 1 is 1.26 bits per heavy atom. The number of nitrogens with one attached hydrogen (secondary N) is 1. The predicted molar refractivity (Wildman–Crippen MR) is 103 cm³/mol. The molecule has 1 aromatic carbocycles. The highest BCUT2D eigenvalue weighted by atomic mass is 35.5. The lowest BCUT2D eigenvalue weighted by molar-refractivity contribution is -0.122. The van der Waals surface area contributed by atoms with Crippen LogP contribution in [0.3, 0.4) is 0 Å². The van der Waals surface area contributed by atoms with Crippen molar-refractivity contribution < 1.29 is 14.1 Å². The lowest BCUT2D eigenvalue weighted by atomic mass is 10.0. The second-order valence-corrected chi connectivity index (χ2v) is 7.64. The minimum absolute atomic E-state index is 0.0254. The smallest absolute Gasteiger partial charge is 0.227 e. The molecule has 1 aliphatic rings. The number of morpholine rings is 1. The van der Waals surface area contributed by atoms with E-state index in [0.29, 0.717) is 36.1 Å². The van der Waals surface area contributed by atoms with Crippen molar-refractivity contribution in [2.75, 3.05) is 32.8 Å². The van der Waals surface area contributed by atoms with Gasteiger partial charge >= 0.3 is 0 Å². The Hall–Kier alpha value is -1.96. The normalized spacial score (nSPS) is 15.7. The molecule has 0 spiro atoms. The van der Waals surface area contributed by atoms with E-state index in [0.717, 1.165) is 31.9 Å². The largest absolute Gasteiger partial charge is 0.379 e. The molecule has 3 rings (SSSR count). The van der Waals surface area contributed by atoms with E-state index < -0.39 is 0 Å². The third kappa shape index (κ3) is 5.51. The van der Waals surface area contributed by atoms with Gasteiger partial charge in [0.05, 0.1) is 13.2 Å². The number of ether oxygens (including phenoxy) is 1. The molecule has 1 fully saturated rings. The van der Waals surface area contributed by atoms with Gasteiger partial charge in [-0.15, -0.1) is 0 Å². The first kappa shape index (κ1) is 19.8. The van der Waals surface area contributed by atoms with Crippen LogP contribution in [0.5, 0.6) is 0 Å². The molecule has 2 aromatic rings. The average molecular weight is 393 g/mol. The summed E-state index contributed by atoms with van der Waals surface area (Å²) in [5, 5.41) is 7.62. The third-order valence-electron chi connectivity index (χ3n) is 4.72. The summed E-state index contributed by atoms with van der Waals surface area (Å²) >= 11 is 5.88. The molecule has 2 heterocycles. The Labute approximate surface area is 164 Å². The number of hydrogen-bond donors (Lipinski definition) is 1. The van der Waals surface area contributed by atoms with Crippen LogP contribution >= 0.6 is 11.6 Å². The molecule has 0 unspecified atom stereocenters. The van der Waals surface area contributed by atoms with Crippen molar-refractivity contribution in [1.82, 2.24) is 20.4 Å². The van der Waals surface area contributed by atoms with E-state index in [9.17, 15) is 4.79 Å². The van der Waals surface area contributed by atoms with Gasteiger partial charge in [0.15, 0.2) is 0 Å². The number of hydrogen-bond acceptors (Lipinski definition) is 6. The van der Waals surface area contributed by atoms with Crippen LogP contribution < -0.4 is 5.32 Å². The second-order valence-electron chi connectivity index (χ2n) is 7.21. The summed E-state index contributed by atoms with van der Waals surface area (Å²) in [7, 11) is 0. The number of halogens is 1. The molecule has 0 atom stereocenters.